The van der Waals surface area contributed by atoms with Crippen LogP contribution in [0.2, 0.25) is 0 Å². The van der Waals surface area contributed by atoms with Crippen LogP contribution in [-0.2, 0) is 37.0 Å². The summed E-state index contributed by atoms with van der Waals surface area (Å²) in [7, 11) is 4.74. The van der Waals surface area contributed by atoms with Crippen molar-refractivity contribution in [3.63, 3.8) is 0 Å². The summed E-state index contributed by atoms with van der Waals surface area (Å²) in [5, 5.41) is 14.9. The molecular weight excluding hydrogens is 912 g/mol. The van der Waals surface area contributed by atoms with Gasteiger partial charge in [-0.15, -0.1) is 0 Å². The minimum absolute atomic E-state index is 0.0241. The molecule has 0 bridgehead atoms. The number of halogens is 1. The Morgan fingerprint density at radius 2 is 1.79 bits per heavy atom. The van der Waals surface area contributed by atoms with E-state index < -0.39 is 12.1 Å². The topological polar surface area (TPSA) is 217 Å². The molecule has 18 nitrogen and oxygen atoms in total. The number of unbranched alkanes of at least 4 members (excludes halogenated alkanes) is 1. The zero-order valence-corrected chi connectivity index (χ0v) is 39.2. The molecule has 3 heterocycles. The highest BCUT2D eigenvalue weighted by Gasteiger charge is 2.38. The lowest BCUT2D eigenvalue weighted by Crippen LogP contribution is -2.52. The molecule has 19 heteroatoms. The molecule has 0 fully saturated rings. The molecule has 2 aliphatic rings. The summed E-state index contributed by atoms with van der Waals surface area (Å²) in [6.45, 7) is 4.97. The second-order valence-electron chi connectivity index (χ2n) is 15.8. The van der Waals surface area contributed by atoms with Gasteiger partial charge in [0.1, 0.15) is 29.8 Å². The Morgan fingerprint density at radius 1 is 1.00 bits per heavy atom. The molecule has 2 atom stereocenters. The number of nitrogens with zero attached hydrogens (tertiary/aromatic N) is 5. The number of nitrogens with one attached hydrogen (secondary N) is 5. The van der Waals surface area contributed by atoms with Crippen LogP contribution in [0.3, 0.4) is 0 Å². The summed E-state index contributed by atoms with van der Waals surface area (Å²) in [6, 6.07) is 17.0. The number of methoxy groups -OCH3 is 1. The first-order chi connectivity index (χ1) is 32.0. The number of carbonyl (C=O) groups is 6. The summed E-state index contributed by atoms with van der Waals surface area (Å²) in [6.07, 6.45) is 5.02. The second-order valence-corrected chi connectivity index (χ2v) is 16.7. The van der Waals surface area contributed by atoms with Crippen LogP contribution >= 0.6 is 15.9 Å². The molecule has 0 saturated heterocycles. The van der Waals surface area contributed by atoms with Crippen molar-refractivity contribution < 1.29 is 38.2 Å². The Hall–Kier alpha value is -6.44. The van der Waals surface area contributed by atoms with Crippen LogP contribution in [0.4, 0.5) is 28.8 Å². The van der Waals surface area contributed by atoms with Gasteiger partial charge in [-0.2, -0.15) is 4.98 Å². The van der Waals surface area contributed by atoms with Crippen molar-refractivity contribution in [3.8, 4) is 5.75 Å². The molecule has 1 aromatic heterocycles. The van der Waals surface area contributed by atoms with Crippen molar-refractivity contribution in [1.29, 1.82) is 0 Å². The van der Waals surface area contributed by atoms with Gasteiger partial charge in [-0.25, -0.2) is 4.98 Å². The van der Waals surface area contributed by atoms with Crippen molar-refractivity contribution in [2.45, 2.75) is 70.6 Å². The normalized spacial score (nSPS) is 14.6. The summed E-state index contributed by atoms with van der Waals surface area (Å²) in [5.74, 6) is 0.219. The van der Waals surface area contributed by atoms with E-state index >= 15 is 0 Å². The third kappa shape index (κ3) is 12.1. The fourth-order valence-corrected chi connectivity index (χ4v) is 8.19. The van der Waals surface area contributed by atoms with E-state index in [2.05, 4.69) is 47.5 Å². The number of hydrogen-bond donors (Lipinski definition) is 5. The van der Waals surface area contributed by atoms with Gasteiger partial charge in [0.05, 0.1) is 32.2 Å². The molecule has 66 heavy (non-hydrogen) atoms. The van der Waals surface area contributed by atoms with E-state index in [-0.39, 0.29) is 48.9 Å². The molecule has 6 rings (SSSR count). The predicted molar refractivity (Wildman–Crippen MR) is 254 cm³/mol. The number of aldehydes is 1. The van der Waals surface area contributed by atoms with E-state index in [1.807, 2.05) is 36.1 Å². The Morgan fingerprint density at radius 3 is 2.53 bits per heavy atom. The van der Waals surface area contributed by atoms with E-state index in [0.29, 0.717) is 110 Å². The van der Waals surface area contributed by atoms with Gasteiger partial charge in [-0.3, -0.25) is 24.0 Å². The number of likely N-dealkylation sites (N-methyl/N-ethyl adjacent to an activating group) is 2. The molecule has 5 amide bonds. The maximum atomic E-state index is 13.3. The average molecular weight is 970 g/mol. The fraction of sp³-hybridized carbons (Fsp3) is 0.404. The Labute approximate surface area is 392 Å². The maximum Gasteiger partial charge on any atom is 0.255 e. The predicted octanol–water partition coefficient (Wildman–Crippen LogP) is 4.95. The number of anilines is 5. The van der Waals surface area contributed by atoms with Gasteiger partial charge in [0.15, 0.2) is 5.82 Å². The molecule has 350 valence electrons. The lowest BCUT2D eigenvalue weighted by Gasteiger charge is -2.40. The number of benzene rings is 3. The van der Waals surface area contributed by atoms with E-state index in [9.17, 15) is 28.8 Å². The smallest absolute Gasteiger partial charge is 0.255 e. The third-order valence-electron chi connectivity index (χ3n) is 11.5. The number of aromatic nitrogens is 2. The highest BCUT2D eigenvalue weighted by molar-refractivity contribution is 9.10. The molecule has 2 unspecified atom stereocenters. The highest BCUT2D eigenvalue weighted by Crippen LogP contribution is 2.37. The van der Waals surface area contributed by atoms with Gasteiger partial charge < -0.3 is 55.6 Å². The highest BCUT2D eigenvalue weighted by atomic mass is 79.9. The fourth-order valence-electron chi connectivity index (χ4n) is 7.92. The van der Waals surface area contributed by atoms with E-state index in [4.69, 9.17) is 14.5 Å². The molecule has 0 radical (unpaired) electrons. The molecule has 0 spiro atoms. The van der Waals surface area contributed by atoms with Gasteiger partial charge in [0.2, 0.25) is 23.7 Å². The maximum absolute atomic E-state index is 13.3. The van der Waals surface area contributed by atoms with Crippen LogP contribution in [0.25, 0.3) is 0 Å². The van der Waals surface area contributed by atoms with Crippen LogP contribution in [0, 0.1) is 0 Å². The first-order valence-corrected chi connectivity index (χ1v) is 22.8. The van der Waals surface area contributed by atoms with Crippen molar-refractivity contribution in [1.82, 2.24) is 30.8 Å². The Bertz CT molecular complexity index is 2380. The number of fused-ring (bicyclic) bond motifs is 2. The van der Waals surface area contributed by atoms with Crippen LogP contribution in [0.1, 0.15) is 77.3 Å². The number of amides is 5. The van der Waals surface area contributed by atoms with Crippen LogP contribution in [0.5, 0.6) is 5.75 Å². The van der Waals surface area contributed by atoms with Crippen LogP contribution in [0.15, 0.2) is 71.3 Å². The first kappa shape index (κ1) is 49.0. The lowest BCUT2D eigenvalue weighted by molar-refractivity contribution is -0.125. The summed E-state index contributed by atoms with van der Waals surface area (Å²) in [5.41, 5.74) is 4.22. The molecule has 2 aliphatic heterocycles. The Kier molecular flexibility index (Phi) is 17.6. The number of carbonyl (C=O) groups excluding carboxylic acids is 6. The van der Waals surface area contributed by atoms with Crippen LogP contribution < -0.4 is 41.1 Å². The Balaban J connectivity index is 0.889. The van der Waals surface area contributed by atoms with Gasteiger partial charge in [-0.1, -0.05) is 41.1 Å². The number of hydrogen-bond acceptors (Lipinski definition) is 13. The second kappa shape index (κ2) is 23.7. The van der Waals surface area contributed by atoms with Gasteiger partial charge >= 0.3 is 0 Å². The third-order valence-corrected chi connectivity index (χ3v) is 12.0. The van der Waals surface area contributed by atoms with E-state index in [0.717, 1.165) is 22.7 Å². The van der Waals surface area contributed by atoms with Crippen molar-refractivity contribution in [3.05, 3.63) is 93.6 Å². The lowest BCUT2D eigenvalue weighted by atomic mass is 10.1. The van der Waals surface area contributed by atoms with Crippen molar-refractivity contribution >= 4 is 80.6 Å². The standard InChI is InChI=1S/C47H57BrN10O8/c1-5-37-46(64)56(3)39-27-52-47(55-42(39)57(37)28-30-14-17-32(48)18-15-30)54-36-19-16-31(26-40(36)65-4)43(61)51-22-25-66-24-21-50-20-7-6-13-41(60)53-35-11-8-10-33-34(35)29-58(45(33)63)38(12-9-23-59)44(62)49-2/h8,10-11,14-19,23,26-27,37-38,50H,5-7,9,12-13,20-22,24-25,28-29H2,1-4H3,(H,49,62)(H,51,61)(H,53,60)(H,52,54,55). The number of rotatable bonds is 24. The van der Waals surface area contributed by atoms with E-state index in [1.165, 1.54) is 19.1 Å². The molecular formula is C47H57BrN10O8. The molecule has 4 aromatic rings. The first-order valence-electron chi connectivity index (χ1n) is 22.0. The van der Waals surface area contributed by atoms with Crippen LogP contribution in [-0.4, -0.2) is 117 Å². The monoisotopic (exact) mass is 968 g/mol. The summed E-state index contributed by atoms with van der Waals surface area (Å²) in [4.78, 5) is 90.3. The minimum Gasteiger partial charge on any atom is -0.495 e. The minimum atomic E-state index is -0.785. The van der Waals surface area contributed by atoms with Gasteiger partial charge in [-0.05, 0) is 80.3 Å². The quantitative estimate of drug-likeness (QED) is 0.0465. The molecule has 3 aromatic carbocycles. The molecule has 0 aliphatic carbocycles. The van der Waals surface area contributed by atoms with Crippen molar-refractivity contribution in [2.75, 3.05) is 74.5 Å². The van der Waals surface area contributed by atoms with Crippen molar-refractivity contribution in [2.24, 2.45) is 0 Å². The zero-order chi connectivity index (χ0) is 47.2. The molecule has 0 saturated carbocycles. The largest absolute Gasteiger partial charge is 0.495 e. The van der Waals surface area contributed by atoms with Gasteiger partial charge in [0.25, 0.3) is 11.8 Å². The number of ether oxygens (including phenoxy) is 2. The van der Waals surface area contributed by atoms with E-state index in [1.54, 1.807) is 54.5 Å². The summed E-state index contributed by atoms with van der Waals surface area (Å²) < 4.78 is 12.3. The summed E-state index contributed by atoms with van der Waals surface area (Å²) >= 11 is 3.49. The molecule has 5 N–H and O–H groups in total. The SMILES string of the molecule is CCC1C(=O)N(C)c2cnc(Nc3ccc(C(=O)NCCOCCNCCCCC(=O)Nc4cccc5c4CN(C(CCC=O)C(=O)NC)C5=O)cc3OC)nc2N1Cc1ccc(Br)cc1. The average Bonchev–Trinajstić information content (AvgIpc) is 3.66. The van der Waals surface area contributed by atoms with Gasteiger partial charge in [0, 0.05) is 80.0 Å². The zero-order valence-electron chi connectivity index (χ0n) is 37.7.